The van der Waals surface area contributed by atoms with Gasteiger partial charge in [-0.05, 0) is 63.1 Å². The summed E-state index contributed by atoms with van der Waals surface area (Å²) in [5, 5.41) is 3.40. The van der Waals surface area contributed by atoms with Crippen molar-refractivity contribution >= 4 is 28.1 Å². The van der Waals surface area contributed by atoms with Crippen LogP contribution in [-0.2, 0) is 11.0 Å². The van der Waals surface area contributed by atoms with Crippen molar-refractivity contribution in [3.05, 3.63) is 89.2 Å². The monoisotopic (exact) mass is 493 g/mol. The van der Waals surface area contributed by atoms with E-state index in [1.165, 1.54) is 18.2 Å². The van der Waals surface area contributed by atoms with Gasteiger partial charge in [0.1, 0.15) is 11.3 Å². The zero-order valence-corrected chi connectivity index (χ0v) is 20.4. The fourth-order valence-electron chi connectivity index (χ4n) is 4.12. The summed E-state index contributed by atoms with van der Waals surface area (Å²) in [6.45, 7) is 7.96. The molecule has 1 heterocycles. The van der Waals surface area contributed by atoms with Crippen LogP contribution in [0.1, 0.15) is 36.1 Å². The summed E-state index contributed by atoms with van der Waals surface area (Å²) in [4.78, 5) is 12.7. The fourth-order valence-corrected chi connectivity index (χ4v) is 4.12. The Morgan fingerprint density at radius 3 is 2.47 bits per heavy atom. The molecule has 0 spiro atoms. The van der Waals surface area contributed by atoms with Crippen molar-refractivity contribution < 1.29 is 27.1 Å². The van der Waals surface area contributed by atoms with Crippen LogP contribution in [0.5, 0.6) is 5.75 Å². The fraction of sp³-hybridized carbons (Fsp3) is 0.207. The number of allylic oxidation sites excluding steroid dienone is 1. The Labute approximate surface area is 207 Å². The minimum absolute atomic E-state index is 0.0621. The number of aryl methyl sites for hydroxylation is 2. The number of halogens is 3. The van der Waals surface area contributed by atoms with E-state index in [9.17, 15) is 18.0 Å². The number of hydrogen-bond donors (Lipinski definition) is 1. The van der Waals surface area contributed by atoms with Crippen LogP contribution in [0.3, 0.4) is 0 Å². The lowest BCUT2D eigenvalue weighted by molar-refractivity contribution is -0.137. The predicted molar refractivity (Wildman–Crippen MR) is 136 cm³/mol. The van der Waals surface area contributed by atoms with Crippen LogP contribution in [0.2, 0.25) is 0 Å². The molecule has 4 aromatic rings. The first-order chi connectivity index (χ1) is 17.1. The van der Waals surface area contributed by atoms with Crippen LogP contribution in [0, 0.1) is 13.8 Å². The molecule has 4 nitrogen and oxygen atoms in total. The Kier molecular flexibility index (Phi) is 6.93. The molecule has 186 valence electrons. The zero-order valence-electron chi connectivity index (χ0n) is 20.4. The van der Waals surface area contributed by atoms with E-state index in [4.69, 9.17) is 9.15 Å². The molecule has 1 N–H and O–H groups in total. The SMILES string of the molecule is CCOc1c(/C(C)=C/C(=O)Nc2cccc(C(F)(F)F)c2)cc2c(-c3ccc(C)cc3)coc2c1C. The number of nitrogens with one attached hydrogen (secondary N) is 1. The molecule has 0 aliphatic carbocycles. The van der Waals surface area contributed by atoms with Crippen LogP contribution in [-0.4, -0.2) is 12.5 Å². The predicted octanol–water partition coefficient (Wildman–Crippen LogP) is 8.18. The topological polar surface area (TPSA) is 51.5 Å². The average Bonchev–Trinajstić information content (AvgIpc) is 3.25. The number of alkyl halides is 3. The third-order valence-electron chi connectivity index (χ3n) is 5.93. The molecular weight excluding hydrogens is 467 g/mol. The smallest absolute Gasteiger partial charge is 0.416 e. The Balaban J connectivity index is 1.73. The molecule has 0 aliphatic rings. The lowest BCUT2D eigenvalue weighted by Crippen LogP contribution is -2.11. The van der Waals surface area contributed by atoms with Gasteiger partial charge in [0.05, 0.1) is 18.4 Å². The molecule has 1 amide bonds. The highest BCUT2D eigenvalue weighted by Crippen LogP contribution is 2.41. The first-order valence-corrected chi connectivity index (χ1v) is 11.5. The Morgan fingerprint density at radius 2 is 1.81 bits per heavy atom. The van der Waals surface area contributed by atoms with Crippen molar-refractivity contribution in [2.24, 2.45) is 0 Å². The van der Waals surface area contributed by atoms with E-state index >= 15 is 0 Å². The highest BCUT2D eigenvalue weighted by molar-refractivity contribution is 6.06. The average molecular weight is 494 g/mol. The van der Waals surface area contributed by atoms with Crippen LogP contribution in [0.15, 0.2) is 71.4 Å². The maximum Gasteiger partial charge on any atom is 0.416 e. The highest BCUT2D eigenvalue weighted by atomic mass is 19.4. The van der Waals surface area contributed by atoms with E-state index in [1.54, 1.807) is 13.2 Å². The van der Waals surface area contributed by atoms with E-state index in [0.29, 0.717) is 29.1 Å². The Bertz CT molecular complexity index is 1450. The van der Waals surface area contributed by atoms with Crippen molar-refractivity contribution in [3.63, 3.8) is 0 Å². The molecule has 0 fully saturated rings. The lowest BCUT2D eigenvalue weighted by Gasteiger charge is -2.15. The molecule has 0 bridgehead atoms. The van der Waals surface area contributed by atoms with Crippen LogP contribution in [0.25, 0.3) is 27.7 Å². The van der Waals surface area contributed by atoms with E-state index in [0.717, 1.165) is 39.8 Å². The van der Waals surface area contributed by atoms with Crippen LogP contribution >= 0.6 is 0 Å². The number of hydrogen-bond acceptors (Lipinski definition) is 3. The van der Waals surface area contributed by atoms with Gasteiger partial charge in [-0.15, -0.1) is 0 Å². The second kappa shape index (κ2) is 9.93. The van der Waals surface area contributed by atoms with Gasteiger partial charge in [0.25, 0.3) is 0 Å². The lowest BCUT2D eigenvalue weighted by atomic mass is 9.96. The number of benzene rings is 3. The Morgan fingerprint density at radius 1 is 1.08 bits per heavy atom. The molecule has 7 heteroatoms. The summed E-state index contributed by atoms with van der Waals surface area (Å²) < 4.78 is 50.9. The number of ether oxygens (including phenoxy) is 1. The second-order valence-electron chi connectivity index (χ2n) is 8.60. The summed E-state index contributed by atoms with van der Waals surface area (Å²) in [5.41, 5.74) is 5.09. The van der Waals surface area contributed by atoms with Gasteiger partial charge in [-0.25, -0.2) is 0 Å². The van der Waals surface area contributed by atoms with Crippen molar-refractivity contribution in [1.82, 2.24) is 0 Å². The maximum atomic E-state index is 13.0. The van der Waals surface area contributed by atoms with E-state index in [-0.39, 0.29) is 5.69 Å². The van der Waals surface area contributed by atoms with E-state index in [1.807, 2.05) is 51.1 Å². The first kappa shape index (κ1) is 25.1. The highest BCUT2D eigenvalue weighted by Gasteiger charge is 2.30. The van der Waals surface area contributed by atoms with Gasteiger partial charge < -0.3 is 14.5 Å². The molecule has 4 rings (SSSR count). The first-order valence-electron chi connectivity index (χ1n) is 11.5. The van der Waals surface area contributed by atoms with Gasteiger partial charge >= 0.3 is 6.18 Å². The number of fused-ring (bicyclic) bond motifs is 1. The minimum Gasteiger partial charge on any atom is -0.493 e. The molecule has 3 aromatic carbocycles. The van der Waals surface area contributed by atoms with Crippen molar-refractivity contribution in [1.29, 1.82) is 0 Å². The molecule has 0 saturated carbocycles. The number of amides is 1. The van der Waals surface area contributed by atoms with Gasteiger partial charge in [0.15, 0.2) is 0 Å². The molecular formula is C29H26F3NO3. The summed E-state index contributed by atoms with van der Waals surface area (Å²) in [7, 11) is 0. The number of carbonyl (C=O) groups excluding carboxylic acids is 1. The van der Waals surface area contributed by atoms with Crippen molar-refractivity contribution in [2.45, 2.75) is 33.9 Å². The van der Waals surface area contributed by atoms with Gasteiger partial charge in [-0.3, -0.25) is 4.79 Å². The second-order valence-corrected chi connectivity index (χ2v) is 8.60. The summed E-state index contributed by atoms with van der Waals surface area (Å²) in [5.74, 6) is 0.0494. The summed E-state index contributed by atoms with van der Waals surface area (Å²) >= 11 is 0. The zero-order chi connectivity index (χ0) is 26.0. The normalized spacial score (nSPS) is 12.1. The van der Waals surface area contributed by atoms with Crippen molar-refractivity contribution in [2.75, 3.05) is 11.9 Å². The number of furan rings is 1. The number of carbonyl (C=O) groups is 1. The van der Waals surface area contributed by atoms with Gasteiger partial charge in [-0.1, -0.05) is 35.9 Å². The largest absolute Gasteiger partial charge is 0.493 e. The molecule has 1 aromatic heterocycles. The molecule has 0 radical (unpaired) electrons. The molecule has 0 atom stereocenters. The third-order valence-corrected chi connectivity index (χ3v) is 5.93. The van der Waals surface area contributed by atoms with Gasteiger partial charge in [-0.2, -0.15) is 13.2 Å². The van der Waals surface area contributed by atoms with Gasteiger partial charge in [0.2, 0.25) is 5.91 Å². The Hall–Kier alpha value is -4.00. The molecule has 0 unspecified atom stereocenters. The quantitative estimate of drug-likeness (QED) is 0.276. The summed E-state index contributed by atoms with van der Waals surface area (Å²) in [6.07, 6.45) is -1.43. The minimum atomic E-state index is -4.49. The van der Waals surface area contributed by atoms with Crippen molar-refractivity contribution in [3.8, 4) is 16.9 Å². The number of anilines is 1. The third kappa shape index (κ3) is 5.15. The van der Waals surface area contributed by atoms with E-state index in [2.05, 4.69) is 5.32 Å². The van der Waals surface area contributed by atoms with Gasteiger partial charge in [0, 0.05) is 33.8 Å². The maximum absolute atomic E-state index is 13.0. The number of rotatable bonds is 6. The molecule has 0 aliphatic heterocycles. The standard InChI is InChI=1S/C29H26F3NO3/c1-5-35-27-19(4)28-24(25(16-36-28)20-11-9-17(2)10-12-20)15-23(27)18(3)13-26(34)33-22-8-6-7-21(14-22)29(30,31)32/h6-16H,5H2,1-4H3,(H,33,34)/b18-13+. The summed E-state index contributed by atoms with van der Waals surface area (Å²) in [6, 6.07) is 14.6. The van der Waals surface area contributed by atoms with Crippen LogP contribution < -0.4 is 10.1 Å². The van der Waals surface area contributed by atoms with E-state index < -0.39 is 17.6 Å². The van der Waals surface area contributed by atoms with Crippen LogP contribution in [0.4, 0.5) is 18.9 Å². The molecule has 0 saturated heterocycles. The molecule has 36 heavy (non-hydrogen) atoms.